The third-order valence-electron chi connectivity index (χ3n) is 5.16. The van der Waals surface area contributed by atoms with Gasteiger partial charge in [-0.05, 0) is 42.0 Å². The third kappa shape index (κ3) is 3.58. The smallest absolute Gasteiger partial charge is 0.221 e. The number of hydrogen-bond donors (Lipinski definition) is 2. The van der Waals surface area contributed by atoms with Gasteiger partial charge in [0.05, 0.1) is 23.4 Å². The SMILES string of the molecule is O=C(CC1CCCC1)N[C@@H](c1ccccc1)c1ccc2nc[nH]c2c1. The molecule has 0 saturated heterocycles. The predicted octanol–water partition coefficient (Wildman–Crippen LogP) is 4.35. The number of carbonyl (C=O) groups excluding carboxylic acids is 1. The van der Waals surface area contributed by atoms with Crippen molar-refractivity contribution in [3.05, 3.63) is 66.0 Å². The maximum Gasteiger partial charge on any atom is 0.221 e. The standard InChI is InChI=1S/C21H23N3O/c25-20(12-15-6-4-5-7-15)24-21(16-8-2-1-3-9-16)17-10-11-18-19(13-17)23-14-22-18/h1-3,8-11,13-15,21H,4-7,12H2,(H,22,23)(H,24,25)/t21-/m0/s1. The van der Waals surface area contributed by atoms with Crippen LogP contribution in [0.25, 0.3) is 11.0 Å². The van der Waals surface area contributed by atoms with Gasteiger partial charge in [0.15, 0.2) is 0 Å². The van der Waals surface area contributed by atoms with Crippen LogP contribution in [0.1, 0.15) is 49.3 Å². The number of H-pyrrole nitrogens is 1. The zero-order valence-electron chi connectivity index (χ0n) is 14.2. The van der Waals surface area contributed by atoms with Crippen molar-refractivity contribution in [2.45, 2.75) is 38.1 Å². The number of nitrogens with zero attached hydrogens (tertiary/aromatic N) is 1. The Balaban J connectivity index is 1.60. The van der Waals surface area contributed by atoms with Gasteiger partial charge in [-0.2, -0.15) is 0 Å². The fourth-order valence-corrected chi connectivity index (χ4v) is 3.83. The summed E-state index contributed by atoms with van der Waals surface area (Å²) in [6.07, 6.45) is 7.22. The second-order valence-corrected chi connectivity index (χ2v) is 6.94. The minimum Gasteiger partial charge on any atom is -0.345 e. The van der Waals surface area contributed by atoms with E-state index in [2.05, 4.69) is 39.6 Å². The Labute approximate surface area is 147 Å². The number of imidazole rings is 1. The van der Waals surface area contributed by atoms with Crippen LogP contribution in [0.5, 0.6) is 0 Å². The highest BCUT2D eigenvalue weighted by atomic mass is 16.1. The molecule has 1 amide bonds. The molecule has 0 bridgehead atoms. The van der Waals surface area contributed by atoms with E-state index in [0.29, 0.717) is 12.3 Å². The van der Waals surface area contributed by atoms with Crippen LogP contribution in [0.4, 0.5) is 0 Å². The number of aromatic amines is 1. The predicted molar refractivity (Wildman–Crippen MR) is 99.1 cm³/mol. The molecule has 0 unspecified atom stereocenters. The second-order valence-electron chi connectivity index (χ2n) is 6.94. The van der Waals surface area contributed by atoms with Crippen molar-refractivity contribution in [3.8, 4) is 0 Å². The topological polar surface area (TPSA) is 57.8 Å². The van der Waals surface area contributed by atoms with Crippen molar-refractivity contribution < 1.29 is 4.79 Å². The van der Waals surface area contributed by atoms with E-state index in [4.69, 9.17) is 0 Å². The molecule has 1 aromatic heterocycles. The maximum atomic E-state index is 12.6. The Morgan fingerprint density at radius 1 is 1.12 bits per heavy atom. The number of carbonyl (C=O) groups is 1. The Bertz CT molecular complexity index is 850. The van der Waals surface area contributed by atoms with Gasteiger partial charge < -0.3 is 10.3 Å². The first-order chi connectivity index (χ1) is 12.3. The molecule has 0 aliphatic heterocycles. The molecule has 4 rings (SSSR count). The summed E-state index contributed by atoms with van der Waals surface area (Å²) in [6.45, 7) is 0. The number of fused-ring (bicyclic) bond motifs is 1. The van der Waals surface area contributed by atoms with Crippen LogP contribution in [0, 0.1) is 5.92 Å². The molecular weight excluding hydrogens is 310 g/mol. The molecule has 1 aliphatic carbocycles. The molecule has 1 aliphatic rings. The lowest BCUT2D eigenvalue weighted by molar-refractivity contribution is -0.122. The molecule has 4 nitrogen and oxygen atoms in total. The van der Waals surface area contributed by atoms with Crippen molar-refractivity contribution in [1.82, 2.24) is 15.3 Å². The van der Waals surface area contributed by atoms with Crippen LogP contribution in [-0.4, -0.2) is 15.9 Å². The third-order valence-corrected chi connectivity index (χ3v) is 5.16. The van der Waals surface area contributed by atoms with Crippen LogP contribution < -0.4 is 5.32 Å². The van der Waals surface area contributed by atoms with E-state index in [-0.39, 0.29) is 11.9 Å². The lowest BCUT2D eigenvalue weighted by Crippen LogP contribution is -2.30. The number of amides is 1. The summed E-state index contributed by atoms with van der Waals surface area (Å²) < 4.78 is 0. The molecule has 128 valence electrons. The van der Waals surface area contributed by atoms with Crippen LogP contribution in [0.2, 0.25) is 0 Å². The molecule has 1 fully saturated rings. The number of hydrogen-bond acceptors (Lipinski definition) is 2. The number of benzene rings is 2. The zero-order valence-corrected chi connectivity index (χ0v) is 14.2. The van der Waals surface area contributed by atoms with Gasteiger partial charge >= 0.3 is 0 Å². The molecule has 3 aromatic rings. The van der Waals surface area contributed by atoms with Crippen LogP contribution in [0.15, 0.2) is 54.9 Å². The summed E-state index contributed by atoms with van der Waals surface area (Å²) in [5.74, 6) is 0.692. The molecule has 1 atom stereocenters. The molecule has 2 N–H and O–H groups in total. The van der Waals surface area contributed by atoms with E-state index in [0.717, 1.165) is 22.2 Å². The summed E-state index contributed by atoms with van der Waals surface area (Å²) >= 11 is 0. The normalized spacial score (nSPS) is 16.2. The molecule has 1 saturated carbocycles. The van der Waals surface area contributed by atoms with Crippen molar-refractivity contribution in [3.63, 3.8) is 0 Å². The van der Waals surface area contributed by atoms with Gasteiger partial charge in [0, 0.05) is 6.42 Å². The van der Waals surface area contributed by atoms with Gasteiger partial charge in [0.25, 0.3) is 0 Å². The van der Waals surface area contributed by atoms with Gasteiger partial charge in [-0.25, -0.2) is 4.98 Å². The minimum absolute atomic E-state index is 0.136. The highest BCUT2D eigenvalue weighted by Gasteiger charge is 2.22. The minimum atomic E-state index is -0.136. The fourth-order valence-electron chi connectivity index (χ4n) is 3.83. The molecule has 1 heterocycles. The monoisotopic (exact) mass is 333 g/mol. The van der Waals surface area contributed by atoms with E-state index in [1.165, 1.54) is 25.7 Å². The Kier molecular flexibility index (Phi) is 4.51. The zero-order chi connectivity index (χ0) is 17.1. The van der Waals surface area contributed by atoms with Crippen molar-refractivity contribution in [2.24, 2.45) is 5.92 Å². The molecule has 4 heteroatoms. The lowest BCUT2D eigenvalue weighted by Gasteiger charge is -2.21. The highest BCUT2D eigenvalue weighted by molar-refractivity contribution is 5.79. The molecule has 2 aromatic carbocycles. The molecule has 0 spiro atoms. The summed E-state index contributed by atoms with van der Waals surface area (Å²) in [5.41, 5.74) is 4.10. The van der Waals surface area contributed by atoms with Gasteiger partial charge in [0.1, 0.15) is 0 Å². The van der Waals surface area contributed by atoms with Gasteiger partial charge in [-0.15, -0.1) is 0 Å². The van der Waals surface area contributed by atoms with Gasteiger partial charge in [0.2, 0.25) is 5.91 Å². The molecule has 25 heavy (non-hydrogen) atoms. The molecule has 0 radical (unpaired) electrons. The second kappa shape index (κ2) is 7.09. The average Bonchev–Trinajstić information content (AvgIpc) is 3.31. The van der Waals surface area contributed by atoms with Crippen LogP contribution in [-0.2, 0) is 4.79 Å². The number of rotatable bonds is 5. The van der Waals surface area contributed by atoms with Gasteiger partial charge in [-0.1, -0.05) is 49.2 Å². The van der Waals surface area contributed by atoms with Crippen LogP contribution in [0.3, 0.4) is 0 Å². The number of nitrogens with one attached hydrogen (secondary N) is 2. The van der Waals surface area contributed by atoms with E-state index in [1.54, 1.807) is 6.33 Å². The van der Waals surface area contributed by atoms with E-state index in [9.17, 15) is 4.79 Å². The fraction of sp³-hybridized carbons (Fsp3) is 0.333. The first kappa shape index (κ1) is 15.9. The van der Waals surface area contributed by atoms with E-state index in [1.807, 2.05) is 24.3 Å². The quantitative estimate of drug-likeness (QED) is 0.729. The Morgan fingerprint density at radius 2 is 1.92 bits per heavy atom. The van der Waals surface area contributed by atoms with Crippen molar-refractivity contribution in [1.29, 1.82) is 0 Å². The van der Waals surface area contributed by atoms with Gasteiger partial charge in [-0.3, -0.25) is 4.79 Å². The lowest BCUT2D eigenvalue weighted by atomic mass is 9.97. The maximum absolute atomic E-state index is 12.6. The van der Waals surface area contributed by atoms with Crippen LogP contribution >= 0.6 is 0 Å². The average molecular weight is 333 g/mol. The number of aromatic nitrogens is 2. The van der Waals surface area contributed by atoms with Crippen molar-refractivity contribution in [2.75, 3.05) is 0 Å². The summed E-state index contributed by atoms with van der Waals surface area (Å²) in [7, 11) is 0. The molecular formula is C21H23N3O. The largest absolute Gasteiger partial charge is 0.345 e. The first-order valence-corrected chi connectivity index (χ1v) is 9.07. The first-order valence-electron chi connectivity index (χ1n) is 9.07. The van der Waals surface area contributed by atoms with E-state index >= 15 is 0 Å². The summed E-state index contributed by atoms with van der Waals surface area (Å²) in [6, 6.07) is 16.2. The Hall–Kier alpha value is -2.62. The van der Waals surface area contributed by atoms with Crippen molar-refractivity contribution >= 4 is 16.9 Å². The highest BCUT2D eigenvalue weighted by Crippen LogP contribution is 2.29. The summed E-state index contributed by atoms with van der Waals surface area (Å²) in [4.78, 5) is 20.1. The summed E-state index contributed by atoms with van der Waals surface area (Å²) in [5, 5.41) is 3.26. The van der Waals surface area contributed by atoms with E-state index < -0.39 is 0 Å². The Morgan fingerprint density at radius 3 is 2.72 bits per heavy atom.